The van der Waals surface area contributed by atoms with Crippen LogP contribution in [0.25, 0.3) is 0 Å². The number of hydrogen-bond donors (Lipinski definition) is 1. The first-order valence-electron chi connectivity index (χ1n) is 8.18. The molecule has 3 atom stereocenters. The highest BCUT2D eigenvalue weighted by molar-refractivity contribution is 6.74. The minimum atomic E-state index is -1.84. The largest absolute Gasteiger partial charge is 0.478 e. The van der Waals surface area contributed by atoms with Crippen molar-refractivity contribution in [3.05, 3.63) is 12.2 Å². The van der Waals surface area contributed by atoms with Crippen LogP contribution in [-0.2, 0) is 18.7 Å². The highest BCUT2D eigenvalue weighted by Crippen LogP contribution is 2.38. The number of rotatable bonds is 6. The lowest BCUT2D eigenvalue weighted by Crippen LogP contribution is -2.44. The summed E-state index contributed by atoms with van der Waals surface area (Å²) in [5.41, 5.74) is 0. The van der Waals surface area contributed by atoms with Crippen molar-refractivity contribution in [3.63, 3.8) is 0 Å². The van der Waals surface area contributed by atoms with Gasteiger partial charge in [-0.3, -0.25) is 0 Å². The number of carboxylic acids is 1. The monoisotopic (exact) mass is 344 g/mol. The van der Waals surface area contributed by atoms with Gasteiger partial charge in [-0.25, -0.2) is 4.79 Å². The Balaban J connectivity index is 2.74. The van der Waals surface area contributed by atoms with Crippen molar-refractivity contribution in [2.75, 3.05) is 0 Å². The van der Waals surface area contributed by atoms with Gasteiger partial charge in [0.05, 0.1) is 6.10 Å². The zero-order valence-electron chi connectivity index (χ0n) is 15.7. The van der Waals surface area contributed by atoms with Crippen molar-refractivity contribution in [2.24, 2.45) is 0 Å². The van der Waals surface area contributed by atoms with Crippen molar-refractivity contribution in [3.8, 4) is 0 Å². The highest BCUT2D eigenvalue weighted by Gasteiger charge is 2.43. The third kappa shape index (κ3) is 6.03. The van der Waals surface area contributed by atoms with Gasteiger partial charge < -0.3 is 19.0 Å². The first kappa shape index (κ1) is 20.4. The number of ether oxygens (including phenoxy) is 2. The summed E-state index contributed by atoms with van der Waals surface area (Å²) in [7, 11) is -1.84. The molecule has 0 aromatic carbocycles. The fourth-order valence-corrected chi connectivity index (χ4v) is 3.90. The number of carboxylic acid groups (broad SMARTS) is 1. The van der Waals surface area contributed by atoms with Gasteiger partial charge in [-0.05, 0) is 45.0 Å². The van der Waals surface area contributed by atoms with E-state index >= 15 is 0 Å². The van der Waals surface area contributed by atoms with Crippen LogP contribution in [0.5, 0.6) is 0 Å². The molecule has 1 aliphatic heterocycles. The van der Waals surface area contributed by atoms with Crippen LogP contribution in [0.3, 0.4) is 0 Å². The molecule has 0 aromatic rings. The molecule has 0 bridgehead atoms. The Labute approximate surface area is 141 Å². The van der Waals surface area contributed by atoms with E-state index in [0.717, 1.165) is 6.08 Å². The lowest BCUT2D eigenvalue weighted by Gasteiger charge is -2.39. The van der Waals surface area contributed by atoms with Gasteiger partial charge in [0.25, 0.3) is 0 Å². The van der Waals surface area contributed by atoms with E-state index in [1.807, 2.05) is 20.8 Å². The van der Waals surface area contributed by atoms with Crippen LogP contribution in [0.1, 0.15) is 48.0 Å². The molecule has 3 unspecified atom stereocenters. The summed E-state index contributed by atoms with van der Waals surface area (Å²) in [6.07, 6.45) is 2.79. The molecule has 23 heavy (non-hydrogen) atoms. The molecule has 1 N–H and O–H groups in total. The van der Waals surface area contributed by atoms with Gasteiger partial charge in [0, 0.05) is 18.6 Å². The Kier molecular flexibility index (Phi) is 6.24. The summed E-state index contributed by atoms with van der Waals surface area (Å²) in [6.45, 7) is 16.8. The van der Waals surface area contributed by atoms with Crippen molar-refractivity contribution < 1.29 is 23.8 Å². The SMILES string of the molecule is CC(CC1OC(C)(C)OC1/C=C/C(=O)O)O[Si](C)(C)C(C)(C)C. The molecule has 1 fully saturated rings. The van der Waals surface area contributed by atoms with Gasteiger partial charge in [0.15, 0.2) is 14.1 Å². The maximum absolute atomic E-state index is 10.7. The van der Waals surface area contributed by atoms with E-state index < -0.39 is 20.1 Å². The second-order valence-corrected chi connectivity index (χ2v) is 13.0. The maximum atomic E-state index is 10.7. The topological polar surface area (TPSA) is 65.0 Å². The van der Waals surface area contributed by atoms with Crippen LogP contribution >= 0.6 is 0 Å². The fraction of sp³-hybridized carbons (Fsp3) is 0.824. The van der Waals surface area contributed by atoms with Crippen molar-refractivity contribution in [1.29, 1.82) is 0 Å². The van der Waals surface area contributed by atoms with Crippen LogP contribution in [0.2, 0.25) is 18.1 Å². The standard InChI is InChI=1S/C17H32O5Si/c1-12(22-23(7,8)16(2,3)4)11-14-13(9-10-15(18)19)20-17(5,6)21-14/h9-10,12-14H,11H2,1-8H3,(H,18,19)/b10-9+. The van der Waals surface area contributed by atoms with Gasteiger partial charge >= 0.3 is 5.97 Å². The van der Waals surface area contributed by atoms with E-state index in [1.54, 1.807) is 6.08 Å². The molecule has 134 valence electrons. The third-order valence-electron chi connectivity index (χ3n) is 4.52. The van der Waals surface area contributed by atoms with Crippen LogP contribution in [0, 0.1) is 0 Å². The normalized spacial score (nSPS) is 26.6. The third-order valence-corrected chi connectivity index (χ3v) is 9.12. The first-order chi connectivity index (χ1) is 10.2. The second kappa shape index (κ2) is 7.05. The maximum Gasteiger partial charge on any atom is 0.328 e. The van der Waals surface area contributed by atoms with E-state index in [-0.39, 0.29) is 23.4 Å². The summed E-state index contributed by atoms with van der Waals surface area (Å²) in [6, 6.07) is 0. The molecule has 1 aliphatic rings. The first-order valence-corrected chi connectivity index (χ1v) is 11.1. The Bertz CT molecular complexity index is 450. The molecule has 0 saturated carbocycles. The molecule has 6 heteroatoms. The summed E-state index contributed by atoms with van der Waals surface area (Å²) >= 11 is 0. The summed E-state index contributed by atoms with van der Waals surface area (Å²) in [4.78, 5) is 10.7. The van der Waals surface area contributed by atoms with E-state index in [0.29, 0.717) is 6.42 Å². The van der Waals surface area contributed by atoms with Gasteiger partial charge in [-0.2, -0.15) is 0 Å². The zero-order valence-corrected chi connectivity index (χ0v) is 16.7. The quantitative estimate of drug-likeness (QED) is 0.584. The van der Waals surface area contributed by atoms with Crippen LogP contribution in [0.15, 0.2) is 12.2 Å². The summed E-state index contributed by atoms with van der Waals surface area (Å²) in [5.74, 6) is -1.70. The molecular weight excluding hydrogens is 312 g/mol. The molecule has 1 saturated heterocycles. The van der Waals surface area contributed by atoms with Crippen LogP contribution in [0.4, 0.5) is 0 Å². The van der Waals surface area contributed by atoms with Crippen molar-refractivity contribution in [1.82, 2.24) is 0 Å². The molecule has 5 nitrogen and oxygen atoms in total. The highest BCUT2D eigenvalue weighted by atomic mass is 28.4. The lowest BCUT2D eigenvalue weighted by atomic mass is 10.1. The van der Waals surface area contributed by atoms with Crippen LogP contribution in [-0.4, -0.2) is 43.5 Å². The van der Waals surface area contributed by atoms with E-state index in [2.05, 4.69) is 33.9 Å². The van der Waals surface area contributed by atoms with Crippen molar-refractivity contribution in [2.45, 2.75) is 90.2 Å². The van der Waals surface area contributed by atoms with E-state index in [1.165, 1.54) is 0 Å². The zero-order chi connectivity index (χ0) is 18.1. The summed E-state index contributed by atoms with van der Waals surface area (Å²) in [5, 5.41) is 8.96. The smallest absolute Gasteiger partial charge is 0.328 e. The minimum absolute atomic E-state index is 0.0270. The Morgan fingerprint density at radius 1 is 1.35 bits per heavy atom. The molecule has 0 spiro atoms. The Morgan fingerprint density at radius 3 is 2.39 bits per heavy atom. The van der Waals surface area contributed by atoms with Crippen LogP contribution < -0.4 is 0 Å². The molecule has 1 heterocycles. The number of aliphatic carboxylic acids is 1. The van der Waals surface area contributed by atoms with Gasteiger partial charge in [0.2, 0.25) is 0 Å². The summed E-state index contributed by atoms with van der Waals surface area (Å²) < 4.78 is 18.1. The lowest BCUT2D eigenvalue weighted by molar-refractivity contribution is -0.145. The van der Waals surface area contributed by atoms with Gasteiger partial charge in [-0.1, -0.05) is 20.8 Å². The fourth-order valence-electron chi connectivity index (χ4n) is 2.44. The average molecular weight is 345 g/mol. The van der Waals surface area contributed by atoms with Gasteiger partial charge in [-0.15, -0.1) is 0 Å². The number of hydrogen-bond acceptors (Lipinski definition) is 4. The second-order valence-electron chi connectivity index (χ2n) is 8.26. The average Bonchev–Trinajstić information content (AvgIpc) is 2.58. The molecule has 0 radical (unpaired) electrons. The molecule has 0 aromatic heterocycles. The minimum Gasteiger partial charge on any atom is -0.478 e. The number of carbonyl (C=O) groups is 1. The van der Waals surface area contributed by atoms with Gasteiger partial charge in [0.1, 0.15) is 6.10 Å². The predicted octanol–water partition coefficient (Wildman–Crippen LogP) is 3.95. The molecule has 0 amide bonds. The molecule has 1 rings (SSSR count). The van der Waals surface area contributed by atoms with E-state index in [9.17, 15) is 4.79 Å². The Morgan fingerprint density at radius 2 is 1.91 bits per heavy atom. The van der Waals surface area contributed by atoms with E-state index in [4.69, 9.17) is 19.0 Å². The molecular formula is C17H32O5Si. The molecule has 0 aliphatic carbocycles. The van der Waals surface area contributed by atoms with Crippen molar-refractivity contribution >= 4 is 14.3 Å². The predicted molar refractivity (Wildman–Crippen MR) is 93.0 cm³/mol. The Hall–Kier alpha value is -0.693.